The van der Waals surface area contributed by atoms with Crippen molar-refractivity contribution in [3.63, 3.8) is 0 Å². The van der Waals surface area contributed by atoms with Gasteiger partial charge in [-0.2, -0.15) is 4.98 Å². The van der Waals surface area contributed by atoms with Crippen LogP contribution < -0.4 is 5.32 Å². The van der Waals surface area contributed by atoms with Crippen LogP contribution in [0.1, 0.15) is 11.4 Å². The first-order valence-electron chi connectivity index (χ1n) is 6.95. The van der Waals surface area contributed by atoms with Crippen molar-refractivity contribution in [2.45, 2.75) is 13.3 Å². The fourth-order valence-corrected chi connectivity index (χ4v) is 2.09. The number of nitrogens with one attached hydrogen (secondary N) is 1. The van der Waals surface area contributed by atoms with E-state index in [2.05, 4.69) is 15.5 Å². The highest BCUT2D eigenvalue weighted by Gasteiger charge is 2.12. The van der Waals surface area contributed by atoms with Gasteiger partial charge < -0.3 is 9.84 Å². The molecule has 0 bridgehead atoms. The van der Waals surface area contributed by atoms with E-state index in [0.717, 1.165) is 16.8 Å². The number of carbonyl (C=O) groups excluding carboxylic acids is 1. The normalized spacial score (nSPS) is 10.4. The van der Waals surface area contributed by atoms with Crippen LogP contribution in [0.2, 0.25) is 0 Å². The Morgan fingerprint density at radius 2 is 1.95 bits per heavy atom. The molecule has 3 rings (SSSR count). The van der Waals surface area contributed by atoms with E-state index in [9.17, 15) is 4.79 Å². The molecule has 1 aromatic heterocycles. The lowest BCUT2D eigenvalue weighted by molar-refractivity contribution is -0.115. The fourth-order valence-electron chi connectivity index (χ4n) is 2.09. The van der Waals surface area contributed by atoms with Crippen molar-refractivity contribution in [1.82, 2.24) is 10.1 Å². The average Bonchev–Trinajstić information content (AvgIpc) is 2.96. The molecule has 1 N–H and O–H groups in total. The molecular formula is C17H15N3O2. The van der Waals surface area contributed by atoms with Gasteiger partial charge in [0.2, 0.25) is 5.91 Å². The minimum absolute atomic E-state index is 0.0736. The largest absolute Gasteiger partial charge is 0.334 e. The summed E-state index contributed by atoms with van der Waals surface area (Å²) < 4.78 is 5.22. The molecule has 0 unspecified atom stereocenters. The van der Waals surface area contributed by atoms with E-state index < -0.39 is 0 Å². The summed E-state index contributed by atoms with van der Waals surface area (Å²) in [6.07, 6.45) is 0.0736. The van der Waals surface area contributed by atoms with E-state index in [4.69, 9.17) is 4.52 Å². The third-order valence-electron chi connectivity index (χ3n) is 3.11. The molecular weight excluding hydrogens is 278 g/mol. The minimum Gasteiger partial charge on any atom is -0.334 e. The van der Waals surface area contributed by atoms with E-state index >= 15 is 0 Å². The first kappa shape index (κ1) is 14.0. The van der Waals surface area contributed by atoms with Gasteiger partial charge in [-0.3, -0.25) is 4.79 Å². The maximum Gasteiger partial charge on any atom is 0.257 e. The Hall–Kier alpha value is -2.95. The summed E-state index contributed by atoms with van der Waals surface area (Å²) in [6.45, 7) is 1.99. The number of aromatic nitrogens is 2. The number of aryl methyl sites for hydroxylation is 1. The van der Waals surface area contributed by atoms with Gasteiger partial charge in [0.15, 0.2) is 5.82 Å². The maximum atomic E-state index is 11.9. The number of rotatable bonds is 4. The number of nitrogens with zero attached hydrogens (tertiary/aromatic N) is 2. The van der Waals surface area contributed by atoms with E-state index in [-0.39, 0.29) is 12.3 Å². The zero-order valence-corrected chi connectivity index (χ0v) is 12.1. The first-order valence-corrected chi connectivity index (χ1v) is 6.95. The number of anilines is 1. The van der Waals surface area contributed by atoms with Crippen LogP contribution in [0.4, 0.5) is 5.69 Å². The second-order valence-corrected chi connectivity index (χ2v) is 4.98. The predicted octanol–water partition coefficient (Wildman–Crippen LogP) is 3.23. The number of amides is 1. The second kappa shape index (κ2) is 6.22. The summed E-state index contributed by atoms with van der Waals surface area (Å²) in [4.78, 5) is 16.2. The summed E-state index contributed by atoms with van der Waals surface area (Å²) in [6, 6.07) is 17.0. The molecule has 1 heterocycles. The molecule has 1 amide bonds. The van der Waals surface area contributed by atoms with Crippen molar-refractivity contribution < 1.29 is 9.32 Å². The van der Waals surface area contributed by atoms with Crippen molar-refractivity contribution in [2.24, 2.45) is 0 Å². The van der Waals surface area contributed by atoms with E-state index in [1.807, 2.05) is 61.5 Å². The quantitative estimate of drug-likeness (QED) is 0.802. The zero-order valence-electron chi connectivity index (χ0n) is 12.1. The lowest BCUT2D eigenvalue weighted by Gasteiger charge is -2.02. The third-order valence-corrected chi connectivity index (χ3v) is 3.11. The molecule has 5 nitrogen and oxygen atoms in total. The van der Waals surface area contributed by atoms with Crippen molar-refractivity contribution in [3.05, 3.63) is 66.0 Å². The zero-order chi connectivity index (χ0) is 15.4. The van der Waals surface area contributed by atoms with Crippen LogP contribution in [0.3, 0.4) is 0 Å². The van der Waals surface area contributed by atoms with Gasteiger partial charge in [-0.15, -0.1) is 0 Å². The van der Waals surface area contributed by atoms with Crippen LogP contribution in [-0.4, -0.2) is 16.0 Å². The minimum atomic E-state index is -0.178. The molecule has 3 aromatic rings. The molecule has 5 heteroatoms. The molecule has 2 aromatic carbocycles. The number of carbonyl (C=O) groups is 1. The Bertz CT molecular complexity index is 781. The summed E-state index contributed by atoms with van der Waals surface area (Å²) in [7, 11) is 0. The van der Waals surface area contributed by atoms with Crippen molar-refractivity contribution >= 4 is 11.6 Å². The third kappa shape index (κ3) is 3.38. The highest BCUT2D eigenvalue weighted by Crippen LogP contribution is 2.18. The van der Waals surface area contributed by atoms with Crippen LogP contribution in [-0.2, 0) is 11.2 Å². The monoisotopic (exact) mass is 293 g/mol. The molecule has 0 atom stereocenters. The van der Waals surface area contributed by atoms with Crippen molar-refractivity contribution in [1.29, 1.82) is 0 Å². The molecule has 0 spiro atoms. The Labute approximate surface area is 128 Å². The van der Waals surface area contributed by atoms with Gasteiger partial charge in [-0.25, -0.2) is 0 Å². The van der Waals surface area contributed by atoms with Crippen LogP contribution in [0.5, 0.6) is 0 Å². The lowest BCUT2D eigenvalue weighted by atomic mass is 10.1. The van der Waals surface area contributed by atoms with Crippen LogP contribution in [0.25, 0.3) is 11.5 Å². The maximum absolute atomic E-state index is 11.9. The van der Waals surface area contributed by atoms with Gasteiger partial charge in [-0.1, -0.05) is 41.1 Å². The summed E-state index contributed by atoms with van der Waals surface area (Å²) >= 11 is 0. The topological polar surface area (TPSA) is 68.0 Å². The lowest BCUT2D eigenvalue weighted by Crippen LogP contribution is -2.15. The summed E-state index contributed by atoms with van der Waals surface area (Å²) in [5, 5.41) is 6.64. The van der Waals surface area contributed by atoms with E-state index in [1.54, 1.807) is 0 Å². The summed E-state index contributed by atoms with van der Waals surface area (Å²) in [5.41, 5.74) is 2.70. The van der Waals surface area contributed by atoms with Crippen LogP contribution >= 0.6 is 0 Å². The standard InChI is InChI=1S/C17H15N3O2/c1-12-6-5-7-13(10-12)17-19-15(20-22-17)11-16(21)18-14-8-3-2-4-9-14/h2-10H,11H2,1H3,(H,18,21). The van der Waals surface area contributed by atoms with Gasteiger partial charge in [0, 0.05) is 11.3 Å². The molecule has 22 heavy (non-hydrogen) atoms. The molecule has 0 radical (unpaired) electrons. The molecule has 0 saturated heterocycles. The highest BCUT2D eigenvalue weighted by atomic mass is 16.5. The molecule has 0 saturated carbocycles. The highest BCUT2D eigenvalue weighted by molar-refractivity contribution is 5.91. The Balaban J connectivity index is 1.68. The van der Waals surface area contributed by atoms with Gasteiger partial charge in [0.25, 0.3) is 5.89 Å². The smallest absolute Gasteiger partial charge is 0.257 e. The Morgan fingerprint density at radius 3 is 2.73 bits per heavy atom. The van der Waals surface area contributed by atoms with Crippen LogP contribution in [0, 0.1) is 6.92 Å². The van der Waals surface area contributed by atoms with Gasteiger partial charge in [-0.05, 0) is 31.2 Å². The second-order valence-electron chi connectivity index (χ2n) is 4.98. The van der Waals surface area contributed by atoms with Crippen molar-refractivity contribution in [2.75, 3.05) is 5.32 Å². The van der Waals surface area contributed by atoms with E-state index in [1.165, 1.54) is 0 Å². The molecule has 0 fully saturated rings. The van der Waals surface area contributed by atoms with E-state index in [0.29, 0.717) is 11.7 Å². The number of hydrogen-bond donors (Lipinski definition) is 1. The predicted molar refractivity (Wildman–Crippen MR) is 83.2 cm³/mol. The average molecular weight is 293 g/mol. The molecule has 0 aliphatic rings. The number of benzene rings is 2. The first-order chi connectivity index (χ1) is 10.7. The Kier molecular flexibility index (Phi) is 3.96. The molecule has 110 valence electrons. The van der Waals surface area contributed by atoms with Gasteiger partial charge in [0.1, 0.15) is 0 Å². The Morgan fingerprint density at radius 1 is 1.14 bits per heavy atom. The summed E-state index contributed by atoms with van der Waals surface area (Å²) in [5.74, 6) is 0.610. The SMILES string of the molecule is Cc1cccc(-c2nc(CC(=O)Nc3ccccc3)no2)c1. The van der Waals surface area contributed by atoms with Gasteiger partial charge >= 0.3 is 0 Å². The van der Waals surface area contributed by atoms with Gasteiger partial charge in [0.05, 0.1) is 6.42 Å². The molecule has 0 aliphatic carbocycles. The fraction of sp³-hybridized carbons (Fsp3) is 0.118. The van der Waals surface area contributed by atoms with Crippen LogP contribution in [0.15, 0.2) is 59.1 Å². The number of para-hydroxylation sites is 1. The van der Waals surface area contributed by atoms with Crippen molar-refractivity contribution in [3.8, 4) is 11.5 Å². The molecule has 0 aliphatic heterocycles. The number of hydrogen-bond acceptors (Lipinski definition) is 4.